The molecule has 0 aliphatic rings. The summed E-state index contributed by atoms with van der Waals surface area (Å²) in [6.07, 6.45) is 0. The molecular formula is C15H19NS. The van der Waals surface area contributed by atoms with Gasteiger partial charge in [-0.3, -0.25) is 0 Å². The third-order valence-electron chi connectivity index (χ3n) is 3.19. The van der Waals surface area contributed by atoms with Crippen LogP contribution in [0.5, 0.6) is 0 Å². The van der Waals surface area contributed by atoms with Crippen molar-refractivity contribution >= 4 is 11.3 Å². The monoisotopic (exact) mass is 245 g/mol. The molecule has 1 heterocycles. The lowest BCUT2D eigenvalue weighted by Crippen LogP contribution is -2.27. The Morgan fingerprint density at radius 2 is 2.00 bits per heavy atom. The highest BCUT2D eigenvalue weighted by Gasteiger charge is 2.20. The second kappa shape index (κ2) is 4.63. The Morgan fingerprint density at radius 1 is 1.24 bits per heavy atom. The van der Waals surface area contributed by atoms with Crippen LogP contribution in [-0.4, -0.2) is 6.54 Å². The van der Waals surface area contributed by atoms with Crippen LogP contribution in [0.4, 0.5) is 0 Å². The van der Waals surface area contributed by atoms with E-state index in [4.69, 9.17) is 5.73 Å². The Morgan fingerprint density at radius 3 is 2.65 bits per heavy atom. The van der Waals surface area contributed by atoms with Crippen LogP contribution in [0.2, 0.25) is 0 Å². The second-order valence-electron chi connectivity index (χ2n) is 5.16. The number of hydrogen-bond acceptors (Lipinski definition) is 2. The maximum atomic E-state index is 5.82. The number of aryl methyl sites for hydroxylation is 1. The maximum Gasteiger partial charge on any atom is 0.0345 e. The topological polar surface area (TPSA) is 26.0 Å². The van der Waals surface area contributed by atoms with Crippen LogP contribution in [-0.2, 0) is 5.41 Å². The van der Waals surface area contributed by atoms with Gasteiger partial charge in [-0.15, -0.1) is 11.3 Å². The molecule has 0 saturated carbocycles. The van der Waals surface area contributed by atoms with Gasteiger partial charge in [0.2, 0.25) is 0 Å². The summed E-state index contributed by atoms with van der Waals surface area (Å²) in [7, 11) is 0. The van der Waals surface area contributed by atoms with Crippen molar-refractivity contribution in [2.75, 3.05) is 6.54 Å². The third-order valence-corrected chi connectivity index (χ3v) is 4.17. The molecule has 2 aromatic rings. The molecule has 0 radical (unpaired) electrons. The first-order valence-corrected chi connectivity index (χ1v) is 6.77. The van der Waals surface area contributed by atoms with E-state index in [0.29, 0.717) is 6.54 Å². The molecule has 1 aromatic carbocycles. The van der Waals surface area contributed by atoms with E-state index >= 15 is 0 Å². The lowest BCUT2D eigenvalue weighted by Gasteiger charge is -2.20. The van der Waals surface area contributed by atoms with Gasteiger partial charge in [-0.1, -0.05) is 43.7 Å². The van der Waals surface area contributed by atoms with E-state index in [0.717, 1.165) is 0 Å². The number of benzene rings is 1. The molecule has 0 spiro atoms. The van der Waals surface area contributed by atoms with Gasteiger partial charge in [-0.05, 0) is 29.5 Å². The van der Waals surface area contributed by atoms with Gasteiger partial charge in [0.05, 0.1) is 0 Å². The quantitative estimate of drug-likeness (QED) is 0.870. The van der Waals surface area contributed by atoms with Crippen molar-refractivity contribution < 1.29 is 0 Å². The van der Waals surface area contributed by atoms with Crippen molar-refractivity contribution in [1.29, 1.82) is 0 Å². The highest BCUT2D eigenvalue weighted by molar-refractivity contribution is 7.13. The molecule has 90 valence electrons. The van der Waals surface area contributed by atoms with Crippen LogP contribution >= 0.6 is 11.3 Å². The first kappa shape index (κ1) is 12.3. The number of nitrogens with two attached hydrogens (primary N) is 1. The van der Waals surface area contributed by atoms with Gasteiger partial charge in [-0.2, -0.15) is 0 Å². The predicted octanol–water partition coefficient (Wildman–Crippen LogP) is 3.96. The molecule has 0 atom stereocenters. The fourth-order valence-electron chi connectivity index (χ4n) is 1.76. The minimum Gasteiger partial charge on any atom is -0.330 e. The van der Waals surface area contributed by atoms with Gasteiger partial charge in [0.25, 0.3) is 0 Å². The third kappa shape index (κ3) is 2.59. The first-order chi connectivity index (χ1) is 8.03. The first-order valence-electron chi connectivity index (χ1n) is 5.89. The van der Waals surface area contributed by atoms with E-state index in [1.165, 1.54) is 21.6 Å². The number of rotatable bonds is 3. The minimum atomic E-state index is 0.0680. The molecule has 1 nitrogen and oxygen atoms in total. The SMILES string of the molecule is Cc1cccc(-c2cc(C(C)(C)CN)cs2)c1. The molecule has 0 aliphatic carbocycles. The fourth-order valence-corrected chi connectivity index (χ4v) is 2.86. The summed E-state index contributed by atoms with van der Waals surface area (Å²) < 4.78 is 0. The molecule has 0 bridgehead atoms. The van der Waals surface area contributed by atoms with Crippen molar-refractivity contribution in [2.24, 2.45) is 5.73 Å². The van der Waals surface area contributed by atoms with Crippen molar-refractivity contribution in [3.63, 3.8) is 0 Å². The molecular weight excluding hydrogens is 226 g/mol. The van der Waals surface area contributed by atoms with Gasteiger partial charge in [0.1, 0.15) is 0 Å². The molecule has 0 aliphatic heterocycles. The Hall–Kier alpha value is -1.12. The molecule has 2 heteroatoms. The second-order valence-corrected chi connectivity index (χ2v) is 6.07. The van der Waals surface area contributed by atoms with Crippen molar-refractivity contribution in [3.8, 4) is 10.4 Å². The van der Waals surface area contributed by atoms with Crippen LogP contribution < -0.4 is 5.73 Å². The van der Waals surface area contributed by atoms with Gasteiger partial charge in [-0.25, -0.2) is 0 Å². The van der Waals surface area contributed by atoms with Crippen LogP contribution in [0.1, 0.15) is 25.0 Å². The Bertz CT molecular complexity index is 511. The highest BCUT2D eigenvalue weighted by atomic mass is 32.1. The lowest BCUT2D eigenvalue weighted by atomic mass is 9.86. The fraction of sp³-hybridized carbons (Fsp3) is 0.333. The zero-order chi connectivity index (χ0) is 12.5. The molecule has 1 aromatic heterocycles. The summed E-state index contributed by atoms with van der Waals surface area (Å²) in [6.45, 7) is 7.18. The van der Waals surface area contributed by atoms with Gasteiger partial charge in [0, 0.05) is 16.8 Å². The normalized spacial score (nSPS) is 11.8. The molecule has 0 amide bonds. The molecule has 2 rings (SSSR count). The van der Waals surface area contributed by atoms with E-state index < -0.39 is 0 Å². The molecule has 2 N–H and O–H groups in total. The maximum absolute atomic E-state index is 5.82. The lowest BCUT2D eigenvalue weighted by molar-refractivity contribution is 0.541. The summed E-state index contributed by atoms with van der Waals surface area (Å²) in [6, 6.07) is 10.9. The van der Waals surface area contributed by atoms with Crippen molar-refractivity contribution in [2.45, 2.75) is 26.2 Å². The smallest absolute Gasteiger partial charge is 0.0345 e. The molecule has 0 unspecified atom stereocenters. The number of thiophene rings is 1. The largest absolute Gasteiger partial charge is 0.330 e. The van der Waals surface area contributed by atoms with E-state index in [9.17, 15) is 0 Å². The summed E-state index contributed by atoms with van der Waals surface area (Å²) in [5, 5.41) is 2.23. The van der Waals surface area contributed by atoms with Crippen LogP contribution in [0.15, 0.2) is 35.7 Å². The van der Waals surface area contributed by atoms with E-state index in [1.807, 2.05) is 0 Å². The minimum absolute atomic E-state index is 0.0680. The van der Waals surface area contributed by atoms with Gasteiger partial charge < -0.3 is 5.73 Å². The summed E-state index contributed by atoms with van der Waals surface area (Å²) >= 11 is 1.80. The van der Waals surface area contributed by atoms with Crippen LogP contribution in [0, 0.1) is 6.92 Å². The predicted molar refractivity (Wildman–Crippen MR) is 76.6 cm³/mol. The van der Waals surface area contributed by atoms with Crippen LogP contribution in [0.3, 0.4) is 0 Å². The summed E-state index contributed by atoms with van der Waals surface area (Å²) in [5.74, 6) is 0. The van der Waals surface area contributed by atoms with Gasteiger partial charge >= 0.3 is 0 Å². The standard InChI is InChI=1S/C15H19NS/c1-11-5-4-6-12(7-11)14-8-13(9-17-14)15(2,3)10-16/h4-9H,10,16H2,1-3H3. The Labute approximate surface area is 107 Å². The molecule has 0 fully saturated rings. The zero-order valence-corrected chi connectivity index (χ0v) is 11.5. The molecule has 0 saturated heterocycles. The molecule has 17 heavy (non-hydrogen) atoms. The van der Waals surface area contributed by atoms with E-state index in [2.05, 4.69) is 56.5 Å². The number of hydrogen-bond donors (Lipinski definition) is 1. The summed E-state index contributed by atoms with van der Waals surface area (Å²) in [4.78, 5) is 1.32. The van der Waals surface area contributed by atoms with Crippen molar-refractivity contribution in [1.82, 2.24) is 0 Å². The van der Waals surface area contributed by atoms with Crippen LogP contribution in [0.25, 0.3) is 10.4 Å². The average molecular weight is 245 g/mol. The average Bonchev–Trinajstić information content (AvgIpc) is 2.79. The highest BCUT2D eigenvalue weighted by Crippen LogP contribution is 2.33. The Balaban J connectivity index is 2.36. The zero-order valence-electron chi connectivity index (χ0n) is 10.7. The summed E-state index contributed by atoms with van der Waals surface area (Å²) in [5.41, 5.74) is 9.82. The van der Waals surface area contributed by atoms with E-state index in [-0.39, 0.29) is 5.41 Å². The van der Waals surface area contributed by atoms with E-state index in [1.54, 1.807) is 11.3 Å². The Kier molecular flexibility index (Phi) is 3.36. The van der Waals surface area contributed by atoms with Crippen molar-refractivity contribution in [3.05, 3.63) is 46.8 Å². The van der Waals surface area contributed by atoms with Gasteiger partial charge in [0.15, 0.2) is 0 Å².